The number of aliphatic hydroxyl groups is 1. The molecule has 1 saturated heterocycles. The van der Waals surface area contributed by atoms with Crippen LogP contribution in [0.1, 0.15) is 18.1 Å². The number of nitrogens with two attached hydrogens (primary N) is 1. The number of sulfonamides is 1. The van der Waals surface area contributed by atoms with Gasteiger partial charge in [0.15, 0.2) is 0 Å². The summed E-state index contributed by atoms with van der Waals surface area (Å²) in [7, 11) is -3.56. The van der Waals surface area contributed by atoms with E-state index in [0.29, 0.717) is 16.8 Å². The van der Waals surface area contributed by atoms with Crippen molar-refractivity contribution in [2.45, 2.75) is 31.3 Å². The lowest BCUT2D eigenvalue weighted by Crippen LogP contribution is -2.61. The molecule has 0 amide bonds. The van der Waals surface area contributed by atoms with E-state index in [1.54, 1.807) is 32.9 Å². The first-order chi connectivity index (χ1) is 8.15. The molecule has 100 valence electrons. The Hall–Kier alpha value is -1.11. The Labute approximate surface area is 107 Å². The molecule has 3 N–H and O–H groups in total. The fourth-order valence-corrected chi connectivity index (χ4v) is 4.39. The summed E-state index contributed by atoms with van der Waals surface area (Å²) in [4.78, 5) is 0.262. The molecule has 0 aromatic heterocycles. The summed E-state index contributed by atoms with van der Waals surface area (Å²) < 4.78 is 26.2. The Bertz CT molecular complexity index is 586. The van der Waals surface area contributed by atoms with Crippen LogP contribution in [0.2, 0.25) is 0 Å². The lowest BCUT2D eigenvalue weighted by atomic mass is 10.0. The summed E-state index contributed by atoms with van der Waals surface area (Å²) in [5, 5.41) is 9.66. The predicted octanol–water partition coefficient (Wildman–Crippen LogP) is 0.641. The number of nitrogens with zero attached hydrogens (tertiary/aromatic N) is 1. The van der Waals surface area contributed by atoms with Gasteiger partial charge in [-0.1, -0.05) is 6.07 Å². The van der Waals surface area contributed by atoms with Gasteiger partial charge in [-0.2, -0.15) is 4.31 Å². The van der Waals surface area contributed by atoms with Crippen molar-refractivity contribution in [1.29, 1.82) is 0 Å². The average molecular weight is 270 g/mol. The van der Waals surface area contributed by atoms with Crippen LogP contribution in [0.25, 0.3) is 0 Å². The van der Waals surface area contributed by atoms with E-state index in [1.165, 1.54) is 4.31 Å². The molecule has 1 aliphatic rings. The largest absolute Gasteiger partial charge is 0.398 e. The maximum Gasteiger partial charge on any atom is 0.243 e. The van der Waals surface area contributed by atoms with Crippen LogP contribution in [0.3, 0.4) is 0 Å². The molecule has 1 aliphatic heterocycles. The highest BCUT2D eigenvalue weighted by molar-refractivity contribution is 7.89. The van der Waals surface area contributed by atoms with Crippen molar-refractivity contribution in [3.8, 4) is 0 Å². The van der Waals surface area contributed by atoms with E-state index in [9.17, 15) is 13.5 Å². The number of hydrogen-bond donors (Lipinski definition) is 2. The number of hydrogen-bond acceptors (Lipinski definition) is 4. The number of aryl methyl sites for hydroxylation is 1. The molecular formula is C12H18N2O3S. The van der Waals surface area contributed by atoms with Gasteiger partial charge in [-0.05, 0) is 38.0 Å². The van der Waals surface area contributed by atoms with Gasteiger partial charge >= 0.3 is 0 Å². The molecule has 0 saturated carbocycles. The Morgan fingerprint density at radius 2 is 1.89 bits per heavy atom. The molecule has 0 bridgehead atoms. The van der Waals surface area contributed by atoms with Gasteiger partial charge in [-0.25, -0.2) is 8.42 Å². The maximum absolute atomic E-state index is 12.5. The predicted molar refractivity (Wildman–Crippen MR) is 69.7 cm³/mol. The van der Waals surface area contributed by atoms with Crippen molar-refractivity contribution in [3.63, 3.8) is 0 Å². The van der Waals surface area contributed by atoms with Crippen LogP contribution >= 0.6 is 0 Å². The van der Waals surface area contributed by atoms with Crippen molar-refractivity contribution in [3.05, 3.63) is 23.3 Å². The van der Waals surface area contributed by atoms with Crippen molar-refractivity contribution in [1.82, 2.24) is 4.31 Å². The molecule has 0 unspecified atom stereocenters. The number of rotatable bonds is 2. The Morgan fingerprint density at radius 1 is 1.33 bits per heavy atom. The Balaban J connectivity index is 2.47. The van der Waals surface area contributed by atoms with Crippen molar-refractivity contribution >= 4 is 15.7 Å². The summed E-state index contributed by atoms with van der Waals surface area (Å²) in [6.07, 6.45) is 0. The van der Waals surface area contributed by atoms with Crippen LogP contribution in [0.15, 0.2) is 17.0 Å². The molecular weight excluding hydrogens is 252 g/mol. The second-order valence-corrected chi connectivity index (χ2v) is 7.07. The number of nitrogen functional groups attached to an aromatic ring is 1. The summed E-state index contributed by atoms with van der Waals surface area (Å²) in [5.41, 5.74) is 6.55. The molecule has 1 heterocycles. The van der Waals surface area contributed by atoms with Gasteiger partial charge in [0.25, 0.3) is 0 Å². The first-order valence-corrected chi connectivity index (χ1v) is 7.17. The molecule has 0 radical (unpaired) electrons. The first kappa shape index (κ1) is 13.3. The van der Waals surface area contributed by atoms with Crippen LogP contribution in [-0.4, -0.2) is 36.5 Å². The third-order valence-electron chi connectivity index (χ3n) is 3.28. The zero-order valence-corrected chi connectivity index (χ0v) is 11.6. The van der Waals surface area contributed by atoms with Gasteiger partial charge in [0.2, 0.25) is 10.0 Å². The van der Waals surface area contributed by atoms with Gasteiger partial charge in [-0.15, -0.1) is 0 Å². The minimum atomic E-state index is -3.56. The van der Waals surface area contributed by atoms with Crippen LogP contribution in [0.4, 0.5) is 5.69 Å². The van der Waals surface area contributed by atoms with Crippen LogP contribution in [-0.2, 0) is 10.0 Å². The maximum atomic E-state index is 12.5. The fraction of sp³-hybridized carbons (Fsp3) is 0.500. The molecule has 2 rings (SSSR count). The molecule has 6 heteroatoms. The normalized spacial score (nSPS) is 19.6. The number of β-amino-alcohol motifs (C(OH)–C–C–N with tert-alkyl or cyclic N) is 1. The summed E-state index contributed by atoms with van der Waals surface area (Å²) in [6, 6.07) is 3.41. The van der Waals surface area contributed by atoms with Crippen molar-refractivity contribution in [2.75, 3.05) is 18.8 Å². The number of benzene rings is 1. The van der Waals surface area contributed by atoms with E-state index in [0.717, 1.165) is 0 Å². The van der Waals surface area contributed by atoms with E-state index >= 15 is 0 Å². The van der Waals surface area contributed by atoms with Gasteiger partial charge in [0, 0.05) is 18.8 Å². The molecule has 1 aromatic carbocycles. The molecule has 5 nitrogen and oxygen atoms in total. The minimum absolute atomic E-state index is 0.128. The van der Waals surface area contributed by atoms with Gasteiger partial charge in [0.1, 0.15) is 0 Å². The highest BCUT2D eigenvalue weighted by Gasteiger charge is 2.44. The Kier molecular flexibility index (Phi) is 2.92. The van der Waals surface area contributed by atoms with E-state index in [1.807, 2.05) is 0 Å². The third-order valence-corrected chi connectivity index (χ3v) is 5.36. The number of anilines is 1. The highest BCUT2D eigenvalue weighted by Crippen LogP contribution is 2.32. The SMILES string of the molecule is Cc1ccc(N)c(C)c1S(=O)(=O)N1CC(C)(O)C1. The highest BCUT2D eigenvalue weighted by atomic mass is 32.2. The first-order valence-electron chi connectivity index (χ1n) is 5.73. The fourth-order valence-electron chi connectivity index (χ4n) is 2.25. The molecule has 18 heavy (non-hydrogen) atoms. The zero-order valence-electron chi connectivity index (χ0n) is 10.8. The van der Waals surface area contributed by atoms with Gasteiger partial charge in [-0.3, -0.25) is 0 Å². The summed E-state index contributed by atoms with van der Waals surface area (Å²) >= 11 is 0. The van der Waals surface area contributed by atoms with E-state index in [2.05, 4.69) is 0 Å². The smallest absolute Gasteiger partial charge is 0.243 e. The quantitative estimate of drug-likeness (QED) is 0.773. The second kappa shape index (κ2) is 3.94. The molecule has 0 atom stereocenters. The van der Waals surface area contributed by atoms with Crippen molar-refractivity contribution < 1.29 is 13.5 Å². The standard InChI is InChI=1S/C12H18N2O3S/c1-8-4-5-10(13)9(2)11(8)18(16,17)14-6-12(3,15)7-14/h4-5,15H,6-7,13H2,1-3H3. The lowest BCUT2D eigenvalue weighted by molar-refractivity contribution is -0.0426. The second-order valence-electron chi connectivity index (χ2n) is 5.20. The summed E-state index contributed by atoms with van der Waals surface area (Å²) in [5.74, 6) is 0. The van der Waals surface area contributed by atoms with Crippen LogP contribution < -0.4 is 5.73 Å². The monoisotopic (exact) mass is 270 g/mol. The lowest BCUT2D eigenvalue weighted by Gasteiger charge is -2.43. The topological polar surface area (TPSA) is 83.6 Å². The van der Waals surface area contributed by atoms with Crippen LogP contribution in [0.5, 0.6) is 0 Å². The molecule has 0 aliphatic carbocycles. The molecule has 1 fully saturated rings. The molecule has 0 spiro atoms. The minimum Gasteiger partial charge on any atom is -0.398 e. The third kappa shape index (κ3) is 2.00. The zero-order chi connectivity index (χ0) is 13.7. The van der Waals surface area contributed by atoms with Gasteiger partial charge < -0.3 is 10.8 Å². The van der Waals surface area contributed by atoms with E-state index < -0.39 is 15.6 Å². The average Bonchev–Trinajstić information content (AvgIpc) is 2.20. The van der Waals surface area contributed by atoms with Crippen molar-refractivity contribution in [2.24, 2.45) is 0 Å². The molecule has 1 aromatic rings. The van der Waals surface area contributed by atoms with E-state index in [4.69, 9.17) is 5.73 Å². The summed E-state index contributed by atoms with van der Waals surface area (Å²) in [6.45, 7) is 5.33. The van der Waals surface area contributed by atoms with E-state index in [-0.39, 0.29) is 18.0 Å². The Morgan fingerprint density at radius 3 is 2.39 bits per heavy atom. The van der Waals surface area contributed by atoms with Crippen LogP contribution in [0, 0.1) is 13.8 Å². The van der Waals surface area contributed by atoms with Gasteiger partial charge in [0.05, 0.1) is 10.5 Å².